The van der Waals surface area contributed by atoms with Crippen molar-refractivity contribution in [1.29, 1.82) is 0 Å². The van der Waals surface area contributed by atoms with Crippen molar-refractivity contribution >= 4 is 0 Å². The molecule has 1 atom stereocenters. The molecule has 0 aromatic heterocycles. The summed E-state index contributed by atoms with van der Waals surface area (Å²) in [7, 11) is 0. The van der Waals surface area contributed by atoms with E-state index in [-0.39, 0.29) is 24.8 Å². The van der Waals surface area contributed by atoms with Gasteiger partial charge in [-0.15, -0.1) is 0 Å². The Balaban J connectivity index is 4.34. The minimum atomic E-state index is 0.150. The second kappa shape index (κ2) is 13.5. The molecule has 0 saturated carbocycles. The number of nitrogens with one attached hydrogen (secondary N) is 1. The van der Waals surface area contributed by atoms with Gasteiger partial charge in [-0.2, -0.15) is 0 Å². The highest BCUT2D eigenvalue weighted by atomic mass is 16.3. The van der Waals surface area contributed by atoms with Crippen LogP contribution in [0.3, 0.4) is 0 Å². The first kappa shape index (κ1) is 20.9. The Morgan fingerprint density at radius 3 is 1.86 bits per heavy atom. The summed E-state index contributed by atoms with van der Waals surface area (Å²) in [6.07, 6.45) is 12.9. The molecule has 0 heterocycles. The summed E-state index contributed by atoms with van der Waals surface area (Å²) in [6.45, 7) is 7.20. The summed E-state index contributed by atoms with van der Waals surface area (Å²) in [5, 5.41) is 22.1. The van der Waals surface area contributed by atoms with E-state index in [0.717, 1.165) is 12.8 Å². The zero-order valence-electron chi connectivity index (χ0n) is 14.7. The molecule has 0 spiro atoms. The van der Waals surface area contributed by atoms with E-state index in [0.29, 0.717) is 0 Å². The molecule has 0 fully saturated rings. The van der Waals surface area contributed by atoms with Gasteiger partial charge < -0.3 is 15.5 Å². The first-order valence-electron chi connectivity index (χ1n) is 9.11. The van der Waals surface area contributed by atoms with Gasteiger partial charge in [0.25, 0.3) is 0 Å². The minimum Gasteiger partial charge on any atom is -0.396 e. The molecule has 0 rings (SSSR count). The summed E-state index contributed by atoms with van der Waals surface area (Å²) in [5.74, 6) is 0. The Morgan fingerprint density at radius 1 is 0.810 bits per heavy atom. The van der Waals surface area contributed by atoms with Gasteiger partial charge >= 0.3 is 0 Å². The van der Waals surface area contributed by atoms with E-state index in [4.69, 9.17) is 0 Å². The van der Waals surface area contributed by atoms with Gasteiger partial charge in [-0.25, -0.2) is 0 Å². The van der Waals surface area contributed by atoms with Gasteiger partial charge in [-0.05, 0) is 32.6 Å². The van der Waals surface area contributed by atoms with Crippen LogP contribution >= 0.6 is 0 Å². The molecule has 0 saturated heterocycles. The number of aliphatic hydroxyl groups is 2. The van der Waals surface area contributed by atoms with Crippen molar-refractivity contribution in [3.05, 3.63) is 0 Å². The third kappa shape index (κ3) is 11.1. The van der Waals surface area contributed by atoms with Crippen LogP contribution in [-0.4, -0.2) is 35.0 Å². The Kier molecular flexibility index (Phi) is 13.5. The number of rotatable bonds is 15. The Bertz CT molecular complexity index is 217. The zero-order chi connectivity index (χ0) is 16.0. The molecule has 0 aromatic carbocycles. The summed E-state index contributed by atoms with van der Waals surface area (Å²) in [4.78, 5) is 0. The Morgan fingerprint density at radius 2 is 1.33 bits per heavy atom. The lowest BCUT2D eigenvalue weighted by Gasteiger charge is -2.35. The second-order valence-corrected chi connectivity index (χ2v) is 6.69. The molecular formula is C18H39NO2. The van der Waals surface area contributed by atoms with E-state index in [1.54, 1.807) is 0 Å². The molecule has 0 aliphatic rings. The lowest BCUT2D eigenvalue weighted by Crippen LogP contribution is -2.49. The van der Waals surface area contributed by atoms with Crippen LogP contribution in [0.4, 0.5) is 0 Å². The van der Waals surface area contributed by atoms with Crippen LogP contribution in [0, 0.1) is 0 Å². The third-order valence-corrected chi connectivity index (χ3v) is 4.42. The second-order valence-electron chi connectivity index (χ2n) is 6.69. The van der Waals surface area contributed by atoms with Gasteiger partial charge in [0, 0.05) is 24.8 Å². The Hall–Kier alpha value is -0.120. The van der Waals surface area contributed by atoms with Crippen molar-refractivity contribution in [3.63, 3.8) is 0 Å². The number of unbranched alkanes of at least 4 members (excludes halogenated alkanes) is 5. The van der Waals surface area contributed by atoms with Gasteiger partial charge in [0.1, 0.15) is 0 Å². The lowest BCUT2D eigenvalue weighted by molar-refractivity contribution is 0.186. The lowest BCUT2D eigenvalue weighted by atomic mass is 9.87. The number of hydrogen-bond acceptors (Lipinski definition) is 3. The van der Waals surface area contributed by atoms with E-state index in [2.05, 4.69) is 26.1 Å². The molecular weight excluding hydrogens is 262 g/mol. The van der Waals surface area contributed by atoms with Gasteiger partial charge in [0.05, 0.1) is 0 Å². The fourth-order valence-corrected chi connectivity index (χ4v) is 3.05. The summed E-state index contributed by atoms with van der Waals surface area (Å²) < 4.78 is 0. The molecule has 0 amide bonds. The fourth-order valence-electron chi connectivity index (χ4n) is 3.05. The molecule has 3 N–H and O–H groups in total. The molecule has 3 nitrogen and oxygen atoms in total. The van der Waals surface area contributed by atoms with Crippen LogP contribution in [0.1, 0.15) is 91.4 Å². The molecule has 0 aliphatic heterocycles. The van der Waals surface area contributed by atoms with E-state index in [9.17, 15) is 10.2 Å². The van der Waals surface area contributed by atoms with Crippen molar-refractivity contribution in [2.75, 3.05) is 13.2 Å². The molecule has 1 unspecified atom stereocenters. The van der Waals surface area contributed by atoms with Crippen LogP contribution < -0.4 is 5.32 Å². The zero-order valence-corrected chi connectivity index (χ0v) is 14.7. The average molecular weight is 302 g/mol. The fraction of sp³-hybridized carbons (Fsp3) is 1.00. The first-order chi connectivity index (χ1) is 10.1. The van der Waals surface area contributed by atoms with E-state index in [1.165, 1.54) is 57.8 Å². The number of aliphatic hydroxyl groups excluding tert-OH is 2. The highest BCUT2D eigenvalue weighted by molar-refractivity contribution is 4.86. The van der Waals surface area contributed by atoms with Crippen LogP contribution in [0.5, 0.6) is 0 Å². The quantitative estimate of drug-likeness (QED) is 0.400. The molecule has 0 bridgehead atoms. The van der Waals surface area contributed by atoms with E-state index in [1.807, 2.05) is 0 Å². The van der Waals surface area contributed by atoms with Crippen molar-refractivity contribution in [2.24, 2.45) is 0 Å². The monoisotopic (exact) mass is 301 g/mol. The molecule has 0 aliphatic carbocycles. The van der Waals surface area contributed by atoms with E-state index >= 15 is 0 Å². The molecule has 0 aromatic rings. The highest BCUT2D eigenvalue weighted by Crippen LogP contribution is 2.23. The summed E-state index contributed by atoms with van der Waals surface area (Å²) in [6, 6.07) is 0.234. The summed E-state index contributed by atoms with van der Waals surface area (Å²) >= 11 is 0. The number of hydrogen-bond donors (Lipinski definition) is 3. The van der Waals surface area contributed by atoms with Crippen LogP contribution in [-0.2, 0) is 0 Å². The van der Waals surface area contributed by atoms with Crippen LogP contribution in [0.25, 0.3) is 0 Å². The SMILES string of the molecule is CCCCCCCC(C)(CCCC)NC(CCO)CCO. The largest absolute Gasteiger partial charge is 0.396 e. The van der Waals surface area contributed by atoms with Gasteiger partial charge in [0.15, 0.2) is 0 Å². The third-order valence-electron chi connectivity index (χ3n) is 4.42. The minimum absolute atomic E-state index is 0.150. The maximum absolute atomic E-state index is 9.19. The van der Waals surface area contributed by atoms with Crippen molar-refractivity contribution in [3.8, 4) is 0 Å². The first-order valence-corrected chi connectivity index (χ1v) is 9.11. The van der Waals surface area contributed by atoms with Crippen LogP contribution in [0.2, 0.25) is 0 Å². The molecule has 3 heteroatoms. The van der Waals surface area contributed by atoms with Gasteiger partial charge in [0.2, 0.25) is 0 Å². The highest BCUT2D eigenvalue weighted by Gasteiger charge is 2.25. The van der Waals surface area contributed by atoms with Crippen molar-refractivity contribution < 1.29 is 10.2 Å². The standard InChI is InChI=1S/C18H39NO2/c1-4-6-8-9-10-14-18(3,13-7-5-2)19-17(11-15-20)12-16-21/h17,19-21H,4-16H2,1-3H3. The van der Waals surface area contributed by atoms with Crippen molar-refractivity contribution in [1.82, 2.24) is 5.32 Å². The predicted octanol–water partition coefficient (Wildman–Crippen LogP) is 4.02. The van der Waals surface area contributed by atoms with E-state index < -0.39 is 0 Å². The van der Waals surface area contributed by atoms with Crippen LogP contribution in [0.15, 0.2) is 0 Å². The molecule has 128 valence electrons. The van der Waals surface area contributed by atoms with Gasteiger partial charge in [-0.1, -0.05) is 58.8 Å². The smallest absolute Gasteiger partial charge is 0.0445 e. The Labute approximate surface area is 132 Å². The maximum Gasteiger partial charge on any atom is 0.0445 e. The predicted molar refractivity (Wildman–Crippen MR) is 91.6 cm³/mol. The topological polar surface area (TPSA) is 52.5 Å². The average Bonchev–Trinajstić information content (AvgIpc) is 2.46. The van der Waals surface area contributed by atoms with Gasteiger partial charge in [-0.3, -0.25) is 0 Å². The summed E-state index contributed by atoms with van der Waals surface area (Å²) in [5.41, 5.74) is 0.150. The molecule has 21 heavy (non-hydrogen) atoms. The molecule has 0 radical (unpaired) electrons. The maximum atomic E-state index is 9.19. The normalized spacial score (nSPS) is 14.6. The van der Waals surface area contributed by atoms with Crippen molar-refractivity contribution in [2.45, 2.75) is 103 Å².